The molecule has 0 spiro atoms. The van der Waals surface area contributed by atoms with E-state index in [1.165, 1.54) is 23.8 Å². The number of nitrogens with one attached hydrogen (secondary N) is 2. The Bertz CT molecular complexity index is 938. The number of amides is 1. The summed E-state index contributed by atoms with van der Waals surface area (Å²) in [5.74, 6) is 1.19. The fraction of sp³-hybridized carbons (Fsp3) is 0.318. The molecule has 1 saturated heterocycles. The predicted octanol–water partition coefficient (Wildman–Crippen LogP) is 4.24. The third-order valence-corrected chi connectivity index (χ3v) is 5.48. The Morgan fingerprint density at radius 2 is 1.89 bits per heavy atom. The number of hydrogen-bond acceptors (Lipinski definition) is 3. The number of fused-ring (bicyclic) bond motifs is 1. The minimum Gasteiger partial charge on any atom is -0.497 e. The molecule has 0 atom stereocenters. The molecular weight excluding hydrogens is 338 g/mol. The van der Waals surface area contributed by atoms with Gasteiger partial charge in [-0.2, -0.15) is 0 Å². The molecule has 5 nitrogen and oxygen atoms in total. The van der Waals surface area contributed by atoms with Crippen LogP contribution in [0.25, 0.3) is 10.9 Å². The van der Waals surface area contributed by atoms with Crippen molar-refractivity contribution >= 4 is 22.5 Å². The number of piperidine rings is 1. The van der Waals surface area contributed by atoms with Crippen LogP contribution < -0.4 is 10.1 Å². The average molecular weight is 363 g/mol. The zero-order valence-corrected chi connectivity index (χ0v) is 15.8. The number of nitrogens with zero attached hydrogens (tertiary/aromatic N) is 1. The molecule has 0 bridgehead atoms. The van der Waals surface area contributed by atoms with E-state index in [1.54, 1.807) is 31.4 Å². The number of likely N-dealkylation sites (tertiary alicyclic amines) is 1. The summed E-state index contributed by atoms with van der Waals surface area (Å²) >= 11 is 0. The summed E-state index contributed by atoms with van der Waals surface area (Å²) < 4.78 is 5.15. The normalized spacial score (nSPS) is 15.8. The lowest BCUT2D eigenvalue weighted by molar-refractivity contribution is 0.102. The summed E-state index contributed by atoms with van der Waals surface area (Å²) in [7, 11) is 3.79. The largest absolute Gasteiger partial charge is 0.497 e. The maximum atomic E-state index is 12.5. The molecule has 1 aliphatic heterocycles. The smallest absolute Gasteiger partial charge is 0.255 e. The van der Waals surface area contributed by atoms with Crippen molar-refractivity contribution in [3.8, 4) is 5.75 Å². The van der Waals surface area contributed by atoms with Gasteiger partial charge in [0.2, 0.25) is 0 Å². The van der Waals surface area contributed by atoms with Gasteiger partial charge in [-0.3, -0.25) is 4.79 Å². The molecule has 0 saturated carbocycles. The van der Waals surface area contributed by atoms with E-state index >= 15 is 0 Å². The van der Waals surface area contributed by atoms with E-state index in [-0.39, 0.29) is 5.91 Å². The molecule has 0 unspecified atom stereocenters. The third-order valence-electron chi connectivity index (χ3n) is 5.48. The molecule has 140 valence electrons. The van der Waals surface area contributed by atoms with E-state index in [2.05, 4.69) is 34.5 Å². The lowest BCUT2D eigenvalue weighted by Crippen LogP contribution is -2.29. The molecule has 0 radical (unpaired) electrons. The first-order chi connectivity index (χ1) is 13.1. The van der Waals surface area contributed by atoms with Gasteiger partial charge in [-0.15, -0.1) is 0 Å². The second-order valence-electron chi connectivity index (χ2n) is 7.26. The quantitative estimate of drug-likeness (QED) is 0.729. The molecule has 2 N–H and O–H groups in total. The van der Waals surface area contributed by atoms with E-state index < -0.39 is 0 Å². The first-order valence-electron chi connectivity index (χ1n) is 9.39. The first-order valence-corrected chi connectivity index (χ1v) is 9.39. The van der Waals surface area contributed by atoms with Gasteiger partial charge in [-0.1, -0.05) is 0 Å². The second-order valence-corrected chi connectivity index (χ2v) is 7.26. The Kier molecular flexibility index (Phi) is 4.86. The van der Waals surface area contributed by atoms with Gasteiger partial charge < -0.3 is 19.9 Å². The highest BCUT2D eigenvalue weighted by atomic mass is 16.5. The SMILES string of the molecule is COc1ccc(C(=O)Nc2ccc3[nH]cc(C4CCN(C)CC4)c3c2)cc1. The van der Waals surface area contributed by atoms with Crippen LogP contribution in [0.3, 0.4) is 0 Å². The molecule has 2 heterocycles. The van der Waals surface area contributed by atoms with Gasteiger partial charge in [0.05, 0.1) is 7.11 Å². The zero-order valence-electron chi connectivity index (χ0n) is 15.8. The van der Waals surface area contributed by atoms with Gasteiger partial charge in [0.1, 0.15) is 5.75 Å². The van der Waals surface area contributed by atoms with Crippen molar-refractivity contribution in [2.45, 2.75) is 18.8 Å². The van der Waals surface area contributed by atoms with Gasteiger partial charge in [-0.05, 0) is 86.9 Å². The Hall–Kier alpha value is -2.79. The molecular formula is C22H25N3O2. The summed E-state index contributed by atoms with van der Waals surface area (Å²) in [5, 5.41) is 4.22. The Morgan fingerprint density at radius 1 is 1.15 bits per heavy atom. The van der Waals surface area contributed by atoms with Crippen LogP contribution in [0.1, 0.15) is 34.7 Å². The molecule has 1 aromatic heterocycles. The lowest BCUT2D eigenvalue weighted by Gasteiger charge is -2.28. The van der Waals surface area contributed by atoms with Gasteiger partial charge >= 0.3 is 0 Å². The molecule has 3 aromatic rings. The minimum absolute atomic E-state index is 0.117. The number of carbonyl (C=O) groups is 1. The fourth-order valence-corrected chi connectivity index (χ4v) is 3.82. The third kappa shape index (κ3) is 3.69. The highest BCUT2D eigenvalue weighted by Crippen LogP contribution is 2.34. The molecule has 1 aliphatic rings. The Morgan fingerprint density at radius 3 is 2.59 bits per heavy atom. The van der Waals surface area contributed by atoms with Crippen LogP contribution >= 0.6 is 0 Å². The van der Waals surface area contributed by atoms with Crippen molar-refractivity contribution in [3.63, 3.8) is 0 Å². The van der Waals surface area contributed by atoms with E-state index in [4.69, 9.17) is 4.74 Å². The number of aromatic amines is 1. The maximum Gasteiger partial charge on any atom is 0.255 e. The van der Waals surface area contributed by atoms with Crippen molar-refractivity contribution in [3.05, 3.63) is 59.8 Å². The lowest BCUT2D eigenvalue weighted by atomic mass is 9.89. The number of H-pyrrole nitrogens is 1. The maximum absolute atomic E-state index is 12.5. The molecule has 5 heteroatoms. The Balaban J connectivity index is 1.55. The number of anilines is 1. The monoisotopic (exact) mass is 363 g/mol. The van der Waals surface area contributed by atoms with Crippen molar-refractivity contribution in [1.29, 1.82) is 0 Å². The van der Waals surface area contributed by atoms with Crippen LogP contribution in [0.15, 0.2) is 48.7 Å². The van der Waals surface area contributed by atoms with E-state index in [1.807, 2.05) is 12.1 Å². The summed E-state index contributed by atoms with van der Waals surface area (Å²) in [6.45, 7) is 2.26. The summed E-state index contributed by atoms with van der Waals surface area (Å²) in [6.07, 6.45) is 4.48. The number of methoxy groups -OCH3 is 1. The number of ether oxygens (including phenoxy) is 1. The summed E-state index contributed by atoms with van der Waals surface area (Å²) in [4.78, 5) is 18.3. The number of carbonyl (C=O) groups excluding carboxylic acids is 1. The van der Waals surface area contributed by atoms with Gasteiger partial charge in [-0.25, -0.2) is 0 Å². The van der Waals surface area contributed by atoms with E-state index in [0.717, 1.165) is 30.0 Å². The molecule has 27 heavy (non-hydrogen) atoms. The van der Waals surface area contributed by atoms with Crippen molar-refractivity contribution in [2.75, 3.05) is 32.6 Å². The minimum atomic E-state index is -0.117. The second kappa shape index (κ2) is 7.45. The molecule has 4 rings (SSSR count). The Labute approximate surface area is 159 Å². The number of benzene rings is 2. The van der Waals surface area contributed by atoms with Crippen molar-refractivity contribution in [1.82, 2.24) is 9.88 Å². The van der Waals surface area contributed by atoms with Crippen LogP contribution in [0.2, 0.25) is 0 Å². The van der Waals surface area contributed by atoms with Crippen LogP contribution in [-0.2, 0) is 0 Å². The first kappa shape index (κ1) is 17.6. The molecule has 1 amide bonds. The standard InChI is InChI=1S/C22H25N3O2/c1-25-11-9-15(10-12-25)20-14-23-21-8-5-17(13-19(20)21)24-22(26)16-3-6-18(27-2)7-4-16/h3-8,13-15,23H,9-12H2,1-2H3,(H,24,26). The van der Waals surface area contributed by atoms with Crippen LogP contribution in [0, 0.1) is 0 Å². The molecule has 1 fully saturated rings. The van der Waals surface area contributed by atoms with Crippen molar-refractivity contribution in [2.24, 2.45) is 0 Å². The van der Waals surface area contributed by atoms with Crippen LogP contribution in [-0.4, -0.2) is 43.0 Å². The highest BCUT2D eigenvalue weighted by Gasteiger charge is 2.21. The van der Waals surface area contributed by atoms with E-state index in [9.17, 15) is 4.79 Å². The zero-order chi connectivity index (χ0) is 18.8. The van der Waals surface area contributed by atoms with Crippen molar-refractivity contribution < 1.29 is 9.53 Å². The molecule has 2 aromatic carbocycles. The number of rotatable bonds is 4. The summed E-state index contributed by atoms with van der Waals surface area (Å²) in [6, 6.07) is 13.2. The average Bonchev–Trinajstić information content (AvgIpc) is 3.12. The summed E-state index contributed by atoms with van der Waals surface area (Å²) in [5.41, 5.74) is 3.91. The highest BCUT2D eigenvalue weighted by molar-refractivity contribution is 6.05. The van der Waals surface area contributed by atoms with Crippen LogP contribution in [0.5, 0.6) is 5.75 Å². The van der Waals surface area contributed by atoms with E-state index in [0.29, 0.717) is 11.5 Å². The number of aromatic nitrogens is 1. The fourth-order valence-electron chi connectivity index (χ4n) is 3.82. The van der Waals surface area contributed by atoms with Gasteiger partial charge in [0, 0.05) is 28.4 Å². The predicted molar refractivity (Wildman–Crippen MR) is 109 cm³/mol. The van der Waals surface area contributed by atoms with Gasteiger partial charge in [0.15, 0.2) is 0 Å². The van der Waals surface area contributed by atoms with Gasteiger partial charge in [0.25, 0.3) is 5.91 Å². The number of hydrogen-bond donors (Lipinski definition) is 2. The topological polar surface area (TPSA) is 57.4 Å². The molecule has 0 aliphatic carbocycles. The van der Waals surface area contributed by atoms with Crippen LogP contribution in [0.4, 0.5) is 5.69 Å².